The Labute approximate surface area is 93.7 Å². The molecule has 5 heteroatoms. The van der Waals surface area contributed by atoms with E-state index < -0.39 is 5.97 Å². The van der Waals surface area contributed by atoms with E-state index in [1.54, 1.807) is 0 Å². The molecule has 0 spiro atoms. The van der Waals surface area contributed by atoms with Crippen LogP contribution in [0.25, 0.3) is 0 Å². The van der Waals surface area contributed by atoms with E-state index in [0.29, 0.717) is 12.5 Å². The average Bonchev–Trinajstić information content (AvgIpc) is 2.99. The van der Waals surface area contributed by atoms with Gasteiger partial charge >= 0.3 is 5.97 Å². The summed E-state index contributed by atoms with van der Waals surface area (Å²) in [4.78, 5) is 17.6. The standard InChI is InChI=1S/C11H15N3O2/c1-13-4-5-14-8(6-13)9(11(15)16)12-10(14)7-2-3-7/h7H,2-6H2,1H3,(H,15,16). The van der Waals surface area contributed by atoms with Gasteiger partial charge in [0.1, 0.15) is 5.82 Å². The fraction of sp³-hybridized carbons (Fsp3) is 0.636. The minimum absolute atomic E-state index is 0.258. The number of hydrogen-bond donors (Lipinski definition) is 1. The lowest BCUT2D eigenvalue weighted by Gasteiger charge is -2.25. The van der Waals surface area contributed by atoms with Gasteiger partial charge in [-0.2, -0.15) is 0 Å². The molecule has 1 aliphatic heterocycles. The van der Waals surface area contributed by atoms with Gasteiger partial charge in [0.05, 0.1) is 5.69 Å². The molecule has 0 amide bonds. The third kappa shape index (κ3) is 1.43. The molecule has 2 aliphatic rings. The zero-order chi connectivity index (χ0) is 11.3. The van der Waals surface area contributed by atoms with E-state index in [1.807, 2.05) is 7.05 Å². The lowest BCUT2D eigenvalue weighted by atomic mass is 10.2. The van der Waals surface area contributed by atoms with Crippen molar-refractivity contribution < 1.29 is 9.90 Å². The fourth-order valence-corrected chi connectivity index (χ4v) is 2.35. The third-order valence-electron chi connectivity index (χ3n) is 3.37. The van der Waals surface area contributed by atoms with Crippen molar-refractivity contribution in [3.63, 3.8) is 0 Å². The van der Waals surface area contributed by atoms with Crippen molar-refractivity contribution in [2.45, 2.75) is 31.8 Å². The first-order valence-electron chi connectivity index (χ1n) is 5.68. The summed E-state index contributed by atoms with van der Waals surface area (Å²) in [5, 5.41) is 9.15. The number of likely N-dealkylation sites (N-methyl/N-ethyl adjacent to an activating group) is 1. The van der Waals surface area contributed by atoms with Crippen molar-refractivity contribution in [2.75, 3.05) is 13.6 Å². The maximum Gasteiger partial charge on any atom is 0.356 e. The molecule has 16 heavy (non-hydrogen) atoms. The van der Waals surface area contributed by atoms with Gasteiger partial charge in [-0.1, -0.05) is 0 Å². The van der Waals surface area contributed by atoms with E-state index in [1.165, 1.54) is 0 Å². The summed E-state index contributed by atoms with van der Waals surface area (Å²) in [6, 6.07) is 0. The van der Waals surface area contributed by atoms with Crippen molar-refractivity contribution >= 4 is 5.97 Å². The van der Waals surface area contributed by atoms with Gasteiger partial charge in [-0.15, -0.1) is 0 Å². The van der Waals surface area contributed by atoms with Crippen LogP contribution in [0, 0.1) is 0 Å². The van der Waals surface area contributed by atoms with Gasteiger partial charge in [0.15, 0.2) is 5.69 Å². The maximum atomic E-state index is 11.1. The van der Waals surface area contributed by atoms with Crippen LogP contribution in [0.15, 0.2) is 0 Å². The van der Waals surface area contributed by atoms with Crippen LogP contribution >= 0.6 is 0 Å². The molecule has 0 atom stereocenters. The van der Waals surface area contributed by atoms with E-state index in [9.17, 15) is 4.79 Å². The minimum Gasteiger partial charge on any atom is -0.476 e. The highest BCUT2D eigenvalue weighted by molar-refractivity contribution is 5.87. The Kier molecular flexibility index (Phi) is 2.04. The normalized spacial score (nSPS) is 20.8. The van der Waals surface area contributed by atoms with Gasteiger partial charge < -0.3 is 9.67 Å². The summed E-state index contributed by atoms with van der Waals surface area (Å²) in [7, 11) is 2.01. The molecule has 0 bridgehead atoms. The number of carboxylic acid groups (broad SMARTS) is 1. The molecule has 3 rings (SSSR count). The summed E-state index contributed by atoms with van der Waals surface area (Å²) in [5.74, 6) is 0.613. The van der Waals surface area contributed by atoms with Gasteiger partial charge in [0.2, 0.25) is 0 Å². The van der Waals surface area contributed by atoms with Gasteiger partial charge in [-0.25, -0.2) is 9.78 Å². The lowest BCUT2D eigenvalue weighted by molar-refractivity contribution is 0.0687. The Morgan fingerprint density at radius 1 is 1.44 bits per heavy atom. The van der Waals surface area contributed by atoms with Crippen molar-refractivity contribution in [1.82, 2.24) is 14.5 Å². The quantitative estimate of drug-likeness (QED) is 0.806. The van der Waals surface area contributed by atoms with E-state index >= 15 is 0 Å². The van der Waals surface area contributed by atoms with E-state index in [0.717, 1.165) is 37.4 Å². The largest absolute Gasteiger partial charge is 0.476 e. The molecule has 1 aromatic rings. The molecule has 0 unspecified atom stereocenters. The molecule has 86 valence electrons. The number of aromatic nitrogens is 2. The molecule has 5 nitrogen and oxygen atoms in total. The number of rotatable bonds is 2. The minimum atomic E-state index is -0.897. The summed E-state index contributed by atoms with van der Waals surface area (Å²) < 4.78 is 2.13. The first-order chi connectivity index (χ1) is 7.66. The predicted molar refractivity (Wildman–Crippen MR) is 57.5 cm³/mol. The number of aromatic carboxylic acids is 1. The Morgan fingerprint density at radius 3 is 2.81 bits per heavy atom. The number of hydrogen-bond acceptors (Lipinski definition) is 3. The van der Waals surface area contributed by atoms with Gasteiger partial charge in [-0.05, 0) is 19.9 Å². The molecule has 2 heterocycles. The molecule has 1 saturated carbocycles. The number of carbonyl (C=O) groups is 1. The van der Waals surface area contributed by atoms with Crippen LogP contribution in [-0.2, 0) is 13.1 Å². The van der Waals surface area contributed by atoms with Crippen LogP contribution in [-0.4, -0.2) is 39.1 Å². The molecule has 0 saturated heterocycles. The Balaban J connectivity index is 2.09. The maximum absolute atomic E-state index is 11.1. The molecular formula is C11H15N3O2. The van der Waals surface area contributed by atoms with Crippen LogP contribution in [0.4, 0.5) is 0 Å². The van der Waals surface area contributed by atoms with E-state index in [-0.39, 0.29) is 5.69 Å². The summed E-state index contributed by atoms with van der Waals surface area (Å²) in [5.41, 5.74) is 1.14. The zero-order valence-corrected chi connectivity index (χ0v) is 9.31. The molecule has 0 aromatic carbocycles. The first kappa shape index (κ1) is 9.84. The molecule has 1 aliphatic carbocycles. The second-order valence-electron chi connectivity index (χ2n) is 4.73. The second-order valence-corrected chi connectivity index (χ2v) is 4.73. The first-order valence-corrected chi connectivity index (χ1v) is 5.68. The topological polar surface area (TPSA) is 58.4 Å². The van der Waals surface area contributed by atoms with Crippen LogP contribution in [0.5, 0.6) is 0 Å². The van der Waals surface area contributed by atoms with Crippen molar-refractivity contribution in [1.29, 1.82) is 0 Å². The molecule has 1 aromatic heterocycles. The Bertz CT molecular complexity index is 448. The molecule has 0 radical (unpaired) electrons. The molecular weight excluding hydrogens is 206 g/mol. The smallest absolute Gasteiger partial charge is 0.356 e. The highest BCUT2D eigenvalue weighted by Gasteiger charge is 2.34. The Hall–Kier alpha value is -1.36. The summed E-state index contributed by atoms with van der Waals surface area (Å²) >= 11 is 0. The fourth-order valence-electron chi connectivity index (χ4n) is 2.35. The van der Waals surface area contributed by atoms with E-state index in [4.69, 9.17) is 5.11 Å². The highest BCUT2D eigenvalue weighted by Crippen LogP contribution is 2.40. The van der Waals surface area contributed by atoms with E-state index in [2.05, 4.69) is 14.5 Å². The summed E-state index contributed by atoms with van der Waals surface area (Å²) in [6.45, 7) is 2.54. The second kappa shape index (κ2) is 3.31. The SMILES string of the molecule is CN1CCn2c(C3CC3)nc(C(=O)O)c2C1. The van der Waals surface area contributed by atoms with Crippen LogP contribution in [0.2, 0.25) is 0 Å². The lowest BCUT2D eigenvalue weighted by Crippen LogP contribution is -2.31. The average molecular weight is 221 g/mol. The number of nitrogens with zero attached hydrogens (tertiary/aromatic N) is 3. The van der Waals surface area contributed by atoms with Gasteiger partial charge in [0.25, 0.3) is 0 Å². The van der Waals surface area contributed by atoms with Crippen LogP contribution in [0.1, 0.15) is 40.8 Å². The van der Waals surface area contributed by atoms with Crippen molar-refractivity contribution in [2.24, 2.45) is 0 Å². The zero-order valence-electron chi connectivity index (χ0n) is 9.31. The van der Waals surface area contributed by atoms with Crippen molar-refractivity contribution in [3.05, 3.63) is 17.2 Å². The van der Waals surface area contributed by atoms with Gasteiger partial charge in [-0.3, -0.25) is 4.90 Å². The highest BCUT2D eigenvalue weighted by atomic mass is 16.4. The third-order valence-corrected chi connectivity index (χ3v) is 3.37. The van der Waals surface area contributed by atoms with Crippen LogP contribution < -0.4 is 0 Å². The monoisotopic (exact) mass is 221 g/mol. The molecule has 1 fully saturated rings. The Morgan fingerprint density at radius 2 is 2.19 bits per heavy atom. The molecule has 1 N–H and O–H groups in total. The summed E-state index contributed by atoms with van der Waals surface area (Å²) in [6.07, 6.45) is 2.32. The number of carboxylic acids is 1. The number of fused-ring (bicyclic) bond motifs is 1. The predicted octanol–water partition coefficient (Wildman–Crippen LogP) is 0.904. The van der Waals surface area contributed by atoms with Gasteiger partial charge in [0, 0.05) is 25.6 Å². The van der Waals surface area contributed by atoms with Crippen molar-refractivity contribution in [3.8, 4) is 0 Å². The number of imidazole rings is 1. The van der Waals surface area contributed by atoms with Crippen LogP contribution in [0.3, 0.4) is 0 Å².